The predicted molar refractivity (Wildman–Crippen MR) is 77.9 cm³/mol. The molecular weight excluding hydrogens is 252 g/mol. The van der Waals surface area contributed by atoms with Crippen LogP contribution in [-0.4, -0.2) is 17.9 Å². The first kappa shape index (κ1) is 14.6. The van der Waals surface area contributed by atoms with Crippen LogP contribution in [0, 0.1) is 0 Å². The van der Waals surface area contributed by atoms with Gasteiger partial charge in [0.05, 0.1) is 0 Å². The lowest BCUT2D eigenvalue weighted by Gasteiger charge is -2.22. The van der Waals surface area contributed by atoms with Crippen LogP contribution in [-0.2, 0) is 16.1 Å². The predicted octanol–water partition coefficient (Wildman–Crippen LogP) is 2.14. The molecule has 0 bridgehead atoms. The summed E-state index contributed by atoms with van der Waals surface area (Å²) < 4.78 is 0. The topological polar surface area (TPSA) is 58.2 Å². The van der Waals surface area contributed by atoms with Crippen molar-refractivity contribution in [2.75, 3.05) is 0 Å². The van der Waals surface area contributed by atoms with Gasteiger partial charge in [0.1, 0.15) is 6.42 Å². The van der Waals surface area contributed by atoms with E-state index >= 15 is 0 Å². The lowest BCUT2D eigenvalue weighted by Crippen LogP contribution is -2.39. The van der Waals surface area contributed by atoms with E-state index in [0.29, 0.717) is 6.54 Å². The molecule has 0 aliphatic heterocycles. The summed E-state index contributed by atoms with van der Waals surface area (Å²) in [6.45, 7) is 0.469. The summed E-state index contributed by atoms with van der Waals surface area (Å²) in [6, 6.07) is 9.94. The average molecular weight is 274 g/mol. The van der Waals surface area contributed by atoms with Crippen molar-refractivity contribution in [3.05, 3.63) is 35.9 Å². The molecule has 1 fully saturated rings. The first-order valence-electron chi connectivity index (χ1n) is 7.34. The highest BCUT2D eigenvalue weighted by atomic mass is 16.2. The van der Waals surface area contributed by atoms with Gasteiger partial charge in [0.2, 0.25) is 11.8 Å². The van der Waals surface area contributed by atoms with Crippen LogP contribution in [0.4, 0.5) is 0 Å². The Morgan fingerprint density at radius 3 is 2.40 bits per heavy atom. The maximum absolute atomic E-state index is 11.8. The van der Waals surface area contributed by atoms with Gasteiger partial charge in [0.25, 0.3) is 0 Å². The third-order valence-corrected chi connectivity index (χ3v) is 3.62. The molecule has 4 nitrogen and oxygen atoms in total. The van der Waals surface area contributed by atoms with E-state index in [9.17, 15) is 9.59 Å². The molecule has 0 spiro atoms. The Morgan fingerprint density at radius 2 is 1.70 bits per heavy atom. The fraction of sp³-hybridized carbons (Fsp3) is 0.500. The van der Waals surface area contributed by atoms with Crippen LogP contribution in [0.5, 0.6) is 0 Å². The van der Waals surface area contributed by atoms with E-state index in [1.807, 2.05) is 30.3 Å². The van der Waals surface area contributed by atoms with Gasteiger partial charge >= 0.3 is 0 Å². The summed E-state index contributed by atoms with van der Waals surface area (Å²) >= 11 is 0. The second-order valence-corrected chi connectivity index (χ2v) is 5.34. The minimum Gasteiger partial charge on any atom is -0.353 e. The Bertz CT molecular complexity index is 439. The SMILES string of the molecule is O=C(CC(=O)NC1CCCCC1)NCc1ccccc1. The number of hydrogen-bond donors (Lipinski definition) is 2. The molecule has 1 aromatic carbocycles. The monoisotopic (exact) mass is 274 g/mol. The van der Waals surface area contributed by atoms with Crippen LogP contribution in [0.2, 0.25) is 0 Å². The first-order valence-corrected chi connectivity index (χ1v) is 7.34. The summed E-state index contributed by atoms with van der Waals surface area (Å²) in [5.41, 5.74) is 1.04. The molecule has 20 heavy (non-hydrogen) atoms. The van der Waals surface area contributed by atoms with Crippen molar-refractivity contribution in [2.24, 2.45) is 0 Å². The first-order chi connectivity index (χ1) is 9.74. The molecule has 0 heterocycles. The zero-order valence-corrected chi connectivity index (χ0v) is 11.7. The van der Waals surface area contributed by atoms with E-state index in [0.717, 1.165) is 18.4 Å². The molecule has 0 atom stereocenters. The van der Waals surface area contributed by atoms with Crippen molar-refractivity contribution in [3.8, 4) is 0 Å². The molecule has 1 saturated carbocycles. The van der Waals surface area contributed by atoms with Gasteiger partial charge in [-0.05, 0) is 18.4 Å². The Kier molecular flexibility index (Phi) is 5.59. The van der Waals surface area contributed by atoms with E-state index in [2.05, 4.69) is 10.6 Å². The minimum absolute atomic E-state index is 0.0800. The van der Waals surface area contributed by atoms with Gasteiger partial charge in [-0.1, -0.05) is 49.6 Å². The summed E-state index contributed by atoms with van der Waals surface area (Å²) in [7, 11) is 0. The lowest BCUT2D eigenvalue weighted by atomic mass is 9.95. The average Bonchev–Trinajstić information content (AvgIpc) is 2.47. The van der Waals surface area contributed by atoms with Gasteiger partial charge in [-0.15, -0.1) is 0 Å². The van der Waals surface area contributed by atoms with Gasteiger partial charge < -0.3 is 10.6 Å². The Labute approximate surface area is 119 Å². The fourth-order valence-corrected chi connectivity index (χ4v) is 2.53. The quantitative estimate of drug-likeness (QED) is 0.808. The summed E-state index contributed by atoms with van der Waals surface area (Å²) in [4.78, 5) is 23.5. The molecular formula is C16H22N2O2. The standard InChI is InChI=1S/C16H22N2O2/c19-15(17-12-13-7-3-1-4-8-13)11-16(20)18-14-9-5-2-6-10-14/h1,3-4,7-8,14H,2,5-6,9-12H2,(H,17,19)(H,18,20). The number of rotatable bonds is 5. The zero-order chi connectivity index (χ0) is 14.2. The lowest BCUT2D eigenvalue weighted by molar-refractivity contribution is -0.129. The van der Waals surface area contributed by atoms with E-state index < -0.39 is 0 Å². The third-order valence-electron chi connectivity index (χ3n) is 3.62. The van der Waals surface area contributed by atoms with Gasteiger partial charge in [0, 0.05) is 12.6 Å². The van der Waals surface area contributed by atoms with Crippen LogP contribution in [0.25, 0.3) is 0 Å². The van der Waals surface area contributed by atoms with Gasteiger partial charge in [-0.3, -0.25) is 9.59 Å². The maximum Gasteiger partial charge on any atom is 0.229 e. The molecule has 0 saturated heterocycles. The van der Waals surface area contributed by atoms with Crippen LogP contribution in [0.15, 0.2) is 30.3 Å². The van der Waals surface area contributed by atoms with E-state index in [1.165, 1.54) is 19.3 Å². The number of nitrogens with one attached hydrogen (secondary N) is 2. The van der Waals surface area contributed by atoms with Gasteiger partial charge in [0.15, 0.2) is 0 Å². The number of amides is 2. The Hall–Kier alpha value is -1.84. The third kappa shape index (κ3) is 5.03. The maximum atomic E-state index is 11.8. The molecule has 108 valence electrons. The number of carbonyl (C=O) groups excluding carboxylic acids is 2. The highest BCUT2D eigenvalue weighted by molar-refractivity contribution is 5.96. The van der Waals surface area contributed by atoms with Crippen molar-refractivity contribution in [2.45, 2.75) is 51.1 Å². The van der Waals surface area contributed by atoms with Crippen LogP contribution in [0.3, 0.4) is 0 Å². The Morgan fingerprint density at radius 1 is 1.00 bits per heavy atom. The van der Waals surface area contributed by atoms with Crippen LogP contribution in [0.1, 0.15) is 44.1 Å². The van der Waals surface area contributed by atoms with Crippen molar-refractivity contribution in [3.63, 3.8) is 0 Å². The fourth-order valence-electron chi connectivity index (χ4n) is 2.53. The number of benzene rings is 1. The second-order valence-electron chi connectivity index (χ2n) is 5.34. The Balaban J connectivity index is 1.67. The van der Waals surface area contributed by atoms with E-state index in [1.54, 1.807) is 0 Å². The number of carbonyl (C=O) groups is 2. The van der Waals surface area contributed by atoms with Crippen molar-refractivity contribution < 1.29 is 9.59 Å². The second kappa shape index (κ2) is 7.68. The van der Waals surface area contributed by atoms with Crippen molar-refractivity contribution >= 4 is 11.8 Å². The zero-order valence-electron chi connectivity index (χ0n) is 11.7. The summed E-state index contributed by atoms with van der Waals surface area (Å²) in [5.74, 6) is -0.385. The summed E-state index contributed by atoms with van der Waals surface area (Å²) in [6.07, 6.45) is 5.60. The van der Waals surface area contributed by atoms with Gasteiger partial charge in [-0.25, -0.2) is 0 Å². The van der Waals surface area contributed by atoms with E-state index in [4.69, 9.17) is 0 Å². The molecule has 2 N–H and O–H groups in total. The molecule has 1 aliphatic carbocycles. The smallest absolute Gasteiger partial charge is 0.229 e. The van der Waals surface area contributed by atoms with Crippen LogP contribution >= 0.6 is 0 Å². The molecule has 4 heteroatoms. The van der Waals surface area contributed by atoms with Crippen LogP contribution < -0.4 is 10.6 Å². The molecule has 0 unspecified atom stereocenters. The molecule has 1 aromatic rings. The summed E-state index contributed by atoms with van der Waals surface area (Å²) in [5, 5.41) is 5.72. The molecule has 2 rings (SSSR count). The molecule has 1 aliphatic rings. The largest absolute Gasteiger partial charge is 0.353 e. The normalized spacial score (nSPS) is 15.6. The minimum atomic E-state index is -0.220. The number of hydrogen-bond acceptors (Lipinski definition) is 2. The highest BCUT2D eigenvalue weighted by Crippen LogP contribution is 2.17. The highest BCUT2D eigenvalue weighted by Gasteiger charge is 2.17. The van der Waals surface area contributed by atoms with E-state index in [-0.39, 0.29) is 24.3 Å². The molecule has 0 radical (unpaired) electrons. The van der Waals surface area contributed by atoms with Gasteiger partial charge in [-0.2, -0.15) is 0 Å². The molecule has 2 amide bonds. The van der Waals surface area contributed by atoms with Crippen molar-refractivity contribution in [1.82, 2.24) is 10.6 Å². The van der Waals surface area contributed by atoms with Crippen molar-refractivity contribution in [1.29, 1.82) is 0 Å². The molecule has 0 aromatic heterocycles.